The van der Waals surface area contributed by atoms with Crippen molar-refractivity contribution in [1.29, 1.82) is 0 Å². The molecule has 0 amide bonds. The van der Waals surface area contributed by atoms with Crippen LogP contribution >= 0.6 is 0 Å². The molecule has 1 saturated heterocycles. The van der Waals surface area contributed by atoms with Crippen molar-refractivity contribution in [3.8, 4) is 5.75 Å². The van der Waals surface area contributed by atoms with Gasteiger partial charge in [-0.1, -0.05) is 6.07 Å². The van der Waals surface area contributed by atoms with E-state index >= 15 is 0 Å². The summed E-state index contributed by atoms with van der Waals surface area (Å²) < 4.78 is 10.9. The largest absolute Gasteiger partial charge is 0.496 e. The van der Waals surface area contributed by atoms with E-state index in [0.717, 1.165) is 63.6 Å². The number of aromatic nitrogens is 2. The van der Waals surface area contributed by atoms with Crippen LogP contribution in [0.15, 0.2) is 24.4 Å². The highest BCUT2D eigenvalue weighted by Crippen LogP contribution is 2.29. The van der Waals surface area contributed by atoms with Crippen LogP contribution in [0.1, 0.15) is 47.0 Å². The summed E-state index contributed by atoms with van der Waals surface area (Å²) in [6.45, 7) is 5.72. The van der Waals surface area contributed by atoms with Crippen LogP contribution in [0.5, 0.6) is 5.75 Å². The maximum Gasteiger partial charge on any atom is 0.131 e. The quantitative estimate of drug-likeness (QED) is 0.748. The van der Waals surface area contributed by atoms with Gasteiger partial charge in [0.05, 0.1) is 13.7 Å². The van der Waals surface area contributed by atoms with E-state index in [0.29, 0.717) is 12.5 Å². The van der Waals surface area contributed by atoms with Crippen LogP contribution in [0.3, 0.4) is 0 Å². The number of benzene rings is 1. The van der Waals surface area contributed by atoms with Crippen molar-refractivity contribution >= 4 is 0 Å². The number of hydrogen-bond donors (Lipinski definition) is 0. The van der Waals surface area contributed by atoms with E-state index in [1.54, 1.807) is 14.2 Å². The number of rotatable bonds is 6. The van der Waals surface area contributed by atoms with Crippen molar-refractivity contribution in [3.63, 3.8) is 0 Å². The Labute approximate surface area is 173 Å². The molecule has 2 aliphatic rings. The third-order valence-corrected chi connectivity index (χ3v) is 6.15. The SMILES string of the molecule is COCc1ccc(OC)c(CN2CCC(c3ncc4c(n3)CCN(C)C4)CC2)c1. The second kappa shape index (κ2) is 9.20. The van der Waals surface area contributed by atoms with E-state index < -0.39 is 0 Å². The van der Waals surface area contributed by atoms with Gasteiger partial charge in [-0.05, 0) is 50.7 Å². The van der Waals surface area contributed by atoms with E-state index in [1.807, 2.05) is 0 Å². The summed E-state index contributed by atoms with van der Waals surface area (Å²) in [6, 6.07) is 6.33. The monoisotopic (exact) mass is 396 g/mol. The summed E-state index contributed by atoms with van der Waals surface area (Å²) in [5, 5.41) is 0. The summed E-state index contributed by atoms with van der Waals surface area (Å²) in [5.74, 6) is 2.47. The van der Waals surface area contributed by atoms with E-state index in [-0.39, 0.29) is 0 Å². The molecule has 156 valence electrons. The molecule has 1 aromatic heterocycles. The fourth-order valence-corrected chi connectivity index (χ4v) is 4.47. The third kappa shape index (κ3) is 4.77. The van der Waals surface area contributed by atoms with E-state index in [4.69, 9.17) is 19.4 Å². The predicted molar refractivity (Wildman–Crippen MR) is 113 cm³/mol. The van der Waals surface area contributed by atoms with Crippen molar-refractivity contribution in [2.45, 2.75) is 44.9 Å². The van der Waals surface area contributed by atoms with Crippen molar-refractivity contribution in [2.24, 2.45) is 0 Å². The molecule has 1 aromatic carbocycles. The first-order valence-electron chi connectivity index (χ1n) is 10.6. The van der Waals surface area contributed by atoms with Crippen molar-refractivity contribution in [1.82, 2.24) is 19.8 Å². The molecule has 0 bridgehead atoms. The topological polar surface area (TPSA) is 50.7 Å². The summed E-state index contributed by atoms with van der Waals surface area (Å²) in [4.78, 5) is 14.5. The maximum absolute atomic E-state index is 5.58. The highest BCUT2D eigenvalue weighted by molar-refractivity contribution is 5.37. The Kier molecular flexibility index (Phi) is 6.43. The Morgan fingerprint density at radius 1 is 1.14 bits per heavy atom. The highest BCUT2D eigenvalue weighted by atomic mass is 16.5. The number of ether oxygens (including phenoxy) is 2. The second-order valence-corrected chi connectivity index (χ2v) is 8.32. The highest BCUT2D eigenvalue weighted by Gasteiger charge is 2.25. The average Bonchev–Trinajstić information content (AvgIpc) is 2.74. The average molecular weight is 397 g/mol. The molecule has 2 aromatic rings. The lowest BCUT2D eigenvalue weighted by molar-refractivity contribution is 0.183. The second-order valence-electron chi connectivity index (χ2n) is 8.32. The molecule has 4 rings (SSSR count). The molecule has 0 atom stereocenters. The zero-order valence-corrected chi connectivity index (χ0v) is 17.9. The molecule has 1 fully saturated rings. The molecule has 0 aliphatic carbocycles. The normalized spacial score (nSPS) is 18.6. The third-order valence-electron chi connectivity index (χ3n) is 6.15. The summed E-state index contributed by atoms with van der Waals surface area (Å²) in [6.07, 6.45) is 5.32. The Bertz CT molecular complexity index is 834. The van der Waals surface area contributed by atoms with Gasteiger partial charge >= 0.3 is 0 Å². The van der Waals surface area contributed by atoms with E-state index in [2.05, 4.69) is 41.2 Å². The first-order valence-corrected chi connectivity index (χ1v) is 10.6. The van der Waals surface area contributed by atoms with Crippen LogP contribution in [0.25, 0.3) is 0 Å². The number of likely N-dealkylation sites (tertiary alicyclic amines) is 1. The van der Waals surface area contributed by atoms with E-state index in [9.17, 15) is 0 Å². The molecular weight excluding hydrogens is 364 g/mol. The molecule has 0 radical (unpaired) electrons. The minimum absolute atomic E-state index is 0.470. The lowest BCUT2D eigenvalue weighted by Crippen LogP contribution is -2.33. The molecule has 3 heterocycles. The van der Waals surface area contributed by atoms with Gasteiger partial charge < -0.3 is 14.4 Å². The van der Waals surface area contributed by atoms with Gasteiger partial charge in [0, 0.05) is 62.1 Å². The van der Waals surface area contributed by atoms with Gasteiger partial charge in [0.1, 0.15) is 11.6 Å². The standard InChI is InChI=1S/C23H32N4O2/c1-26-9-8-21-20(14-26)13-24-23(25-21)18-6-10-27(11-7-18)15-19-12-17(16-28-2)4-5-22(19)29-3/h4-5,12-13,18H,6-11,14-16H2,1-3H3. The summed E-state index contributed by atoms with van der Waals surface area (Å²) >= 11 is 0. The fraction of sp³-hybridized carbons (Fsp3) is 0.565. The minimum Gasteiger partial charge on any atom is -0.496 e. The Hall–Kier alpha value is -2.02. The van der Waals surface area contributed by atoms with Crippen molar-refractivity contribution < 1.29 is 9.47 Å². The van der Waals surface area contributed by atoms with Crippen molar-refractivity contribution in [3.05, 3.63) is 52.6 Å². The van der Waals surface area contributed by atoms with Crippen LogP contribution in [0, 0.1) is 0 Å². The lowest BCUT2D eigenvalue weighted by atomic mass is 9.95. The van der Waals surface area contributed by atoms with Gasteiger partial charge in [-0.3, -0.25) is 4.90 Å². The van der Waals surface area contributed by atoms with E-state index in [1.165, 1.54) is 22.4 Å². The van der Waals surface area contributed by atoms with Gasteiger partial charge in [0.2, 0.25) is 0 Å². The molecule has 0 N–H and O–H groups in total. The molecule has 29 heavy (non-hydrogen) atoms. The smallest absolute Gasteiger partial charge is 0.131 e. The number of likely N-dealkylation sites (N-methyl/N-ethyl adjacent to an activating group) is 1. The van der Waals surface area contributed by atoms with Crippen molar-refractivity contribution in [2.75, 3.05) is 40.9 Å². The number of methoxy groups -OCH3 is 2. The number of fused-ring (bicyclic) bond motifs is 1. The molecule has 6 heteroatoms. The molecule has 0 saturated carbocycles. The van der Waals surface area contributed by atoms with Gasteiger partial charge in [0.15, 0.2) is 0 Å². The zero-order valence-electron chi connectivity index (χ0n) is 17.9. The summed E-state index contributed by atoms with van der Waals surface area (Å²) in [5.41, 5.74) is 4.97. The predicted octanol–water partition coefficient (Wildman–Crippen LogP) is 3.00. The fourth-order valence-electron chi connectivity index (χ4n) is 4.47. The minimum atomic E-state index is 0.470. The van der Waals surface area contributed by atoms with Crippen LogP contribution in [-0.4, -0.2) is 60.7 Å². The van der Waals surface area contributed by atoms with Gasteiger partial charge in [-0.15, -0.1) is 0 Å². The number of piperidine rings is 1. The maximum atomic E-state index is 5.58. The zero-order chi connectivity index (χ0) is 20.2. The van der Waals surface area contributed by atoms with Gasteiger partial charge in [-0.25, -0.2) is 9.97 Å². The molecular formula is C23H32N4O2. The Morgan fingerprint density at radius 3 is 2.72 bits per heavy atom. The molecule has 2 aliphatic heterocycles. The van der Waals surface area contributed by atoms with Gasteiger partial charge in [-0.2, -0.15) is 0 Å². The van der Waals surface area contributed by atoms with Gasteiger partial charge in [0.25, 0.3) is 0 Å². The molecule has 6 nitrogen and oxygen atoms in total. The number of hydrogen-bond acceptors (Lipinski definition) is 6. The summed E-state index contributed by atoms with van der Waals surface area (Å²) in [7, 11) is 5.63. The molecule has 0 spiro atoms. The first kappa shape index (κ1) is 20.3. The first-order chi connectivity index (χ1) is 14.2. The Morgan fingerprint density at radius 2 is 1.97 bits per heavy atom. The Balaban J connectivity index is 1.38. The number of nitrogens with zero attached hydrogens (tertiary/aromatic N) is 4. The lowest BCUT2D eigenvalue weighted by Gasteiger charge is -2.32. The van der Waals surface area contributed by atoms with Crippen LogP contribution in [0.4, 0.5) is 0 Å². The van der Waals surface area contributed by atoms with Crippen LogP contribution < -0.4 is 4.74 Å². The van der Waals surface area contributed by atoms with Crippen LogP contribution in [0.2, 0.25) is 0 Å². The molecule has 0 unspecified atom stereocenters. The van der Waals surface area contributed by atoms with Crippen LogP contribution in [-0.2, 0) is 30.9 Å².